The molecule has 21 heavy (non-hydrogen) atoms. The Bertz CT molecular complexity index is 645. The number of hydrogen-bond donors (Lipinski definition) is 1. The van der Waals surface area contributed by atoms with E-state index < -0.39 is 0 Å². The van der Waals surface area contributed by atoms with E-state index in [-0.39, 0.29) is 5.97 Å². The number of ether oxygens (including phenoxy) is 1. The van der Waals surface area contributed by atoms with Gasteiger partial charge in [-0.15, -0.1) is 0 Å². The fraction of sp³-hybridized carbons (Fsp3) is 0.333. The Morgan fingerprint density at radius 1 is 1.19 bits per heavy atom. The van der Waals surface area contributed by atoms with Gasteiger partial charge in [0.25, 0.3) is 0 Å². The molecule has 0 spiro atoms. The lowest BCUT2D eigenvalue weighted by Gasteiger charge is -2.03. The number of H-pyrrole nitrogens is 1. The predicted octanol–water partition coefficient (Wildman–Crippen LogP) is 5.66. The van der Waals surface area contributed by atoms with Gasteiger partial charge in [0.2, 0.25) is 0 Å². The summed E-state index contributed by atoms with van der Waals surface area (Å²) in [5.41, 5.74) is 1.73. The summed E-state index contributed by atoms with van der Waals surface area (Å²) in [4.78, 5) is 19.1. The number of imidazole rings is 1. The lowest BCUT2D eigenvalue weighted by molar-refractivity contribution is -0.142. The van der Waals surface area contributed by atoms with E-state index in [1.54, 1.807) is 6.92 Å². The molecule has 9 heteroatoms. The highest BCUT2D eigenvalue weighted by molar-refractivity contribution is 9.15. The van der Waals surface area contributed by atoms with Gasteiger partial charge in [0.05, 0.1) is 27.5 Å². The van der Waals surface area contributed by atoms with Crippen molar-refractivity contribution in [2.45, 2.75) is 18.5 Å². The highest BCUT2D eigenvalue weighted by atomic mass is 79.9. The molecule has 0 fully saturated rings. The lowest BCUT2D eigenvalue weighted by Crippen LogP contribution is -2.04. The Morgan fingerprint density at radius 3 is 2.52 bits per heavy atom. The number of carbonyl (C=O) groups is 1. The molecule has 114 valence electrons. The van der Waals surface area contributed by atoms with Crippen LogP contribution in [-0.4, -0.2) is 28.3 Å². The van der Waals surface area contributed by atoms with Gasteiger partial charge in [0.1, 0.15) is 5.52 Å². The minimum absolute atomic E-state index is 0.186. The van der Waals surface area contributed by atoms with E-state index in [1.807, 2.05) is 0 Å². The third-order valence-corrected chi connectivity index (χ3v) is 8.16. The second kappa shape index (κ2) is 7.81. The molecule has 0 aliphatic rings. The van der Waals surface area contributed by atoms with Crippen LogP contribution >= 0.6 is 75.5 Å². The number of rotatable bonds is 5. The van der Waals surface area contributed by atoms with Gasteiger partial charge in [-0.1, -0.05) is 11.8 Å². The molecule has 4 nitrogen and oxygen atoms in total. The Morgan fingerprint density at radius 2 is 1.86 bits per heavy atom. The third-order valence-electron chi connectivity index (χ3n) is 2.54. The molecule has 2 aromatic rings. The van der Waals surface area contributed by atoms with Gasteiger partial charge in [0.15, 0.2) is 5.16 Å². The van der Waals surface area contributed by atoms with Gasteiger partial charge in [-0.2, -0.15) is 0 Å². The Balaban J connectivity index is 2.18. The van der Waals surface area contributed by atoms with Crippen molar-refractivity contribution in [3.05, 3.63) is 17.9 Å². The maximum Gasteiger partial charge on any atom is 0.306 e. The number of nitrogens with one attached hydrogen (secondary N) is 1. The summed E-state index contributed by atoms with van der Waals surface area (Å²) in [6, 6.07) is 0. The quantitative estimate of drug-likeness (QED) is 0.220. The molecule has 0 radical (unpaired) electrons. The van der Waals surface area contributed by atoms with Gasteiger partial charge in [-0.25, -0.2) is 4.98 Å². The molecule has 1 aromatic heterocycles. The number of aromatic amines is 1. The van der Waals surface area contributed by atoms with E-state index in [4.69, 9.17) is 4.74 Å². The van der Waals surface area contributed by atoms with Crippen molar-refractivity contribution in [1.29, 1.82) is 0 Å². The van der Waals surface area contributed by atoms with Crippen molar-refractivity contribution in [3.63, 3.8) is 0 Å². The summed E-state index contributed by atoms with van der Waals surface area (Å²) < 4.78 is 8.48. The number of benzene rings is 1. The summed E-state index contributed by atoms with van der Waals surface area (Å²) in [6.07, 6.45) is 0.366. The van der Waals surface area contributed by atoms with Crippen molar-refractivity contribution in [1.82, 2.24) is 9.97 Å². The van der Waals surface area contributed by atoms with Crippen molar-refractivity contribution < 1.29 is 9.53 Å². The fourth-order valence-electron chi connectivity index (χ4n) is 1.61. The second-order valence-electron chi connectivity index (χ2n) is 3.92. The number of hydrogen-bond acceptors (Lipinski definition) is 4. The Hall–Kier alpha value is 0.430. The first-order valence-corrected chi connectivity index (χ1v) is 10.1. The number of aromatic nitrogens is 2. The van der Waals surface area contributed by atoms with E-state index >= 15 is 0 Å². The van der Waals surface area contributed by atoms with Crippen LogP contribution in [0.5, 0.6) is 0 Å². The average molecular weight is 566 g/mol. The Labute approximate surface area is 159 Å². The zero-order valence-corrected chi connectivity index (χ0v) is 18.0. The van der Waals surface area contributed by atoms with Crippen LogP contribution in [0.2, 0.25) is 0 Å². The van der Waals surface area contributed by atoms with Crippen LogP contribution in [0.1, 0.15) is 13.3 Å². The standard InChI is InChI=1S/C12H10Br4N2O2S/c1-2-20-5(19)3-4-21-12-17-10-8(15)6(13)7(14)9(16)11(10)18-12/h2-4H2,1H3,(H,17,18). The van der Waals surface area contributed by atoms with E-state index in [0.29, 0.717) is 18.8 Å². The second-order valence-corrected chi connectivity index (χ2v) is 8.18. The maximum absolute atomic E-state index is 11.3. The van der Waals surface area contributed by atoms with E-state index in [1.165, 1.54) is 11.8 Å². The number of esters is 1. The van der Waals surface area contributed by atoms with Crippen molar-refractivity contribution in [2.75, 3.05) is 12.4 Å². The van der Waals surface area contributed by atoms with E-state index in [0.717, 1.165) is 34.1 Å². The molecule has 0 bridgehead atoms. The topological polar surface area (TPSA) is 55.0 Å². The first-order chi connectivity index (χ1) is 9.95. The zero-order chi connectivity index (χ0) is 15.6. The predicted molar refractivity (Wildman–Crippen MR) is 98.9 cm³/mol. The fourth-order valence-corrected chi connectivity index (χ4v) is 4.69. The normalized spacial score (nSPS) is 11.1. The summed E-state index contributed by atoms with van der Waals surface area (Å²) in [6.45, 7) is 2.21. The van der Waals surface area contributed by atoms with Crippen molar-refractivity contribution in [3.8, 4) is 0 Å². The van der Waals surface area contributed by atoms with Crippen LogP contribution < -0.4 is 0 Å². The van der Waals surface area contributed by atoms with Gasteiger partial charge in [-0.05, 0) is 70.6 Å². The third kappa shape index (κ3) is 4.04. The molecule has 0 saturated heterocycles. The summed E-state index contributed by atoms with van der Waals surface area (Å²) in [7, 11) is 0. The molecule has 0 aliphatic heterocycles. The Kier molecular flexibility index (Phi) is 6.61. The highest BCUT2D eigenvalue weighted by Gasteiger charge is 2.17. The van der Waals surface area contributed by atoms with Crippen LogP contribution in [0.15, 0.2) is 23.0 Å². The number of carbonyl (C=O) groups excluding carboxylic acids is 1. The summed E-state index contributed by atoms with van der Waals surface area (Å²) in [5, 5.41) is 0.765. The molecular weight excluding hydrogens is 556 g/mol. The van der Waals surface area contributed by atoms with Crippen molar-refractivity contribution >= 4 is 92.5 Å². The zero-order valence-electron chi connectivity index (χ0n) is 10.8. The van der Waals surface area contributed by atoms with Gasteiger partial charge in [-0.3, -0.25) is 4.79 Å². The first-order valence-electron chi connectivity index (χ1n) is 5.95. The molecule has 1 heterocycles. The summed E-state index contributed by atoms with van der Waals surface area (Å²) >= 11 is 15.6. The molecule has 0 unspecified atom stereocenters. The highest BCUT2D eigenvalue weighted by Crippen LogP contribution is 2.43. The lowest BCUT2D eigenvalue weighted by atomic mass is 10.3. The molecule has 0 atom stereocenters. The number of nitrogens with zero attached hydrogens (tertiary/aromatic N) is 1. The molecule has 1 N–H and O–H groups in total. The van der Waals surface area contributed by atoms with Crippen molar-refractivity contribution in [2.24, 2.45) is 0 Å². The molecule has 2 rings (SSSR count). The van der Waals surface area contributed by atoms with Crippen LogP contribution in [0.3, 0.4) is 0 Å². The van der Waals surface area contributed by atoms with Crippen LogP contribution in [-0.2, 0) is 9.53 Å². The number of halogens is 4. The number of thioether (sulfide) groups is 1. The van der Waals surface area contributed by atoms with Crippen LogP contribution in [0.25, 0.3) is 11.0 Å². The van der Waals surface area contributed by atoms with E-state index in [9.17, 15) is 4.79 Å². The molecular formula is C12H10Br4N2O2S. The van der Waals surface area contributed by atoms with Gasteiger partial charge >= 0.3 is 5.97 Å². The smallest absolute Gasteiger partial charge is 0.306 e. The maximum atomic E-state index is 11.3. The van der Waals surface area contributed by atoms with E-state index in [2.05, 4.69) is 73.7 Å². The SMILES string of the molecule is CCOC(=O)CCSc1nc2c(Br)c(Br)c(Br)c(Br)c2[nH]1. The molecule has 0 amide bonds. The first kappa shape index (κ1) is 17.8. The minimum Gasteiger partial charge on any atom is -0.466 e. The van der Waals surface area contributed by atoms with Crippen LogP contribution in [0.4, 0.5) is 0 Å². The van der Waals surface area contributed by atoms with Gasteiger partial charge in [0, 0.05) is 14.7 Å². The molecule has 1 aromatic carbocycles. The molecule has 0 saturated carbocycles. The number of fused-ring (bicyclic) bond motifs is 1. The largest absolute Gasteiger partial charge is 0.466 e. The average Bonchev–Trinajstić information content (AvgIpc) is 2.87. The monoisotopic (exact) mass is 562 g/mol. The molecule has 0 aliphatic carbocycles. The van der Waals surface area contributed by atoms with Gasteiger partial charge < -0.3 is 9.72 Å². The minimum atomic E-state index is -0.186. The van der Waals surface area contributed by atoms with Crippen LogP contribution in [0, 0.1) is 0 Å². The summed E-state index contributed by atoms with van der Waals surface area (Å²) in [5.74, 6) is 0.435.